The van der Waals surface area contributed by atoms with Gasteiger partial charge in [0.15, 0.2) is 5.69 Å². The maximum absolute atomic E-state index is 12.9. The van der Waals surface area contributed by atoms with E-state index in [-0.39, 0.29) is 29.5 Å². The Kier molecular flexibility index (Phi) is 7.44. The molecule has 2 aliphatic carbocycles. The molecule has 37 heavy (non-hydrogen) atoms. The number of aryl methyl sites for hydroxylation is 3. The van der Waals surface area contributed by atoms with E-state index in [9.17, 15) is 14.4 Å². The monoisotopic (exact) mass is 498 g/mol. The van der Waals surface area contributed by atoms with Crippen LogP contribution < -0.4 is 16.0 Å². The summed E-state index contributed by atoms with van der Waals surface area (Å²) in [6, 6.07) is 15.7. The van der Waals surface area contributed by atoms with Crippen LogP contribution in [0.3, 0.4) is 0 Å². The number of nitrogens with one attached hydrogen (secondary N) is 3. The van der Waals surface area contributed by atoms with Gasteiger partial charge in [-0.25, -0.2) is 0 Å². The highest BCUT2D eigenvalue weighted by atomic mass is 16.5. The van der Waals surface area contributed by atoms with Crippen molar-refractivity contribution in [2.45, 2.75) is 57.7 Å². The molecule has 0 radical (unpaired) electrons. The fraction of sp³-hybridized carbons (Fsp3) is 0.310. The zero-order chi connectivity index (χ0) is 25.6. The average molecular weight is 499 g/mol. The summed E-state index contributed by atoms with van der Waals surface area (Å²) < 4.78 is 5.43. The third kappa shape index (κ3) is 6.14. The van der Waals surface area contributed by atoms with Crippen LogP contribution in [0.15, 0.2) is 65.2 Å². The van der Waals surface area contributed by atoms with Crippen LogP contribution in [0.25, 0.3) is 0 Å². The predicted octanol–water partition coefficient (Wildman–Crippen LogP) is 2.94. The first kappa shape index (κ1) is 24.5. The Labute approximate surface area is 215 Å². The van der Waals surface area contributed by atoms with Gasteiger partial charge in [-0.15, -0.1) is 0 Å². The molecular weight excluding hydrogens is 468 g/mol. The van der Waals surface area contributed by atoms with Crippen molar-refractivity contribution >= 4 is 17.7 Å². The van der Waals surface area contributed by atoms with Gasteiger partial charge < -0.3 is 20.5 Å². The minimum atomic E-state index is -0.359. The summed E-state index contributed by atoms with van der Waals surface area (Å²) in [6.45, 7) is 0.812. The molecule has 1 aromatic heterocycles. The highest BCUT2D eigenvalue weighted by Gasteiger charge is 2.29. The number of aromatic nitrogens is 1. The number of hydrogen-bond acceptors (Lipinski definition) is 5. The lowest BCUT2D eigenvalue weighted by Crippen LogP contribution is -2.38. The Morgan fingerprint density at radius 1 is 0.892 bits per heavy atom. The van der Waals surface area contributed by atoms with E-state index in [2.05, 4.69) is 39.3 Å². The molecule has 3 aromatic rings. The second-order valence-electron chi connectivity index (χ2n) is 9.56. The molecule has 8 nitrogen and oxygen atoms in total. The van der Waals surface area contributed by atoms with Crippen LogP contribution in [0.1, 0.15) is 56.9 Å². The van der Waals surface area contributed by atoms with Crippen LogP contribution in [-0.2, 0) is 48.4 Å². The van der Waals surface area contributed by atoms with E-state index in [1.807, 2.05) is 30.3 Å². The number of nitrogens with zero attached hydrogens (tertiary/aromatic N) is 1. The molecule has 3 N–H and O–H groups in total. The first-order chi connectivity index (χ1) is 18.0. The Morgan fingerprint density at radius 3 is 2.54 bits per heavy atom. The molecule has 0 aliphatic heterocycles. The quantitative estimate of drug-likeness (QED) is 0.414. The Hall–Kier alpha value is -4.20. The van der Waals surface area contributed by atoms with Gasteiger partial charge in [0.25, 0.3) is 5.91 Å². The summed E-state index contributed by atoms with van der Waals surface area (Å²) >= 11 is 0. The molecule has 0 spiro atoms. The minimum absolute atomic E-state index is 0.181. The molecular formula is C29H30N4O4. The summed E-state index contributed by atoms with van der Waals surface area (Å²) in [7, 11) is 0. The summed E-state index contributed by atoms with van der Waals surface area (Å²) in [5, 5.41) is 12.6. The maximum Gasteiger partial charge on any atom is 0.274 e. The lowest BCUT2D eigenvalue weighted by molar-refractivity contribution is -0.119. The van der Waals surface area contributed by atoms with Gasteiger partial charge in [0.1, 0.15) is 5.76 Å². The van der Waals surface area contributed by atoms with Crippen molar-refractivity contribution in [2.24, 2.45) is 0 Å². The van der Waals surface area contributed by atoms with Gasteiger partial charge in [0.05, 0.1) is 0 Å². The second kappa shape index (κ2) is 11.2. The van der Waals surface area contributed by atoms with E-state index in [0.717, 1.165) is 29.5 Å². The largest absolute Gasteiger partial charge is 0.360 e. The van der Waals surface area contributed by atoms with Gasteiger partial charge in [0.2, 0.25) is 11.8 Å². The number of rotatable bonds is 8. The van der Waals surface area contributed by atoms with Crippen molar-refractivity contribution in [2.75, 3.05) is 0 Å². The van der Waals surface area contributed by atoms with Crippen molar-refractivity contribution in [3.63, 3.8) is 0 Å². The minimum Gasteiger partial charge on any atom is -0.360 e. The second-order valence-corrected chi connectivity index (χ2v) is 9.56. The van der Waals surface area contributed by atoms with Gasteiger partial charge in [-0.3, -0.25) is 14.4 Å². The van der Waals surface area contributed by atoms with Crippen molar-refractivity contribution in [3.8, 4) is 0 Å². The number of amides is 3. The lowest BCUT2D eigenvalue weighted by atomic mass is 9.92. The summed E-state index contributed by atoms with van der Waals surface area (Å²) in [4.78, 5) is 37.3. The van der Waals surface area contributed by atoms with Crippen LogP contribution in [0.5, 0.6) is 0 Å². The summed E-state index contributed by atoms with van der Waals surface area (Å²) in [6.07, 6.45) is 7.55. The topological polar surface area (TPSA) is 113 Å². The van der Waals surface area contributed by atoms with E-state index in [1.54, 1.807) is 0 Å². The molecule has 0 saturated heterocycles. The zero-order valence-corrected chi connectivity index (χ0v) is 20.6. The fourth-order valence-electron chi connectivity index (χ4n) is 4.95. The fourth-order valence-corrected chi connectivity index (χ4v) is 4.95. The van der Waals surface area contributed by atoms with E-state index in [1.165, 1.54) is 29.7 Å². The Balaban J connectivity index is 1.12. The van der Waals surface area contributed by atoms with Crippen LogP contribution in [-0.4, -0.2) is 28.9 Å². The molecule has 8 heteroatoms. The van der Waals surface area contributed by atoms with Crippen molar-refractivity contribution in [1.29, 1.82) is 0 Å². The standard InChI is InChI=1S/C29H30N4O4/c34-26(30-17-19-5-2-1-3-6-19)13-14-27(35)32-23-11-12-25-24(16-23)28(33-37-25)29(36)31-18-20-9-10-21-7-4-8-22(21)15-20/h1-3,5-6,9-10,13-15,23H,4,7-8,11-12,16-18H2,(H,30,34)(H,31,36)(H,32,35)/b14-13+. The highest BCUT2D eigenvalue weighted by molar-refractivity contribution is 5.97. The highest BCUT2D eigenvalue weighted by Crippen LogP contribution is 2.25. The summed E-state index contributed by atoms with van der Waals surface area (Å²) in [5.41, 5.74) is 5.81. The van der Waals surface area contributed by atoms with Crippen LogP contribution >= 0.6 is 0 Å². The van der Waals surface area contributed by atoms with Gasteiger partial charge in [0, 0.05) is 43.3 Å². The smallest absolute Gasteiger partial charge is 0.274 e. The SMILES string of the molecule is O=C(/C=C/C(=O)NC1CCc2onc(C(=O)NCc3ccc4c(c3)CCC4)c2C1)NCc1ccccc1. The van der Waals surface area contributed by atoms with Crippen molar-refractivity contribution in [1.82, 2.24) is 21.1 Å². The van der Waals surface area contributed by atoms with Crippen LogP contribution in [0.2, 0.25) is 0 Å². The molecule has 3 amide bonds. The van der Waals surface area contributed by atoms with E-state index in [0.29, 0.717) is 38.1 Å². The van der Waals surface area contributed by atoms with Crippen molar-refractivity contribution < 1.29 is 18.9 Å². The molecule has 2 aromatic carbocycles. The van der Waals surface area contributed by atoms with Gasteiger partial charge in [-0.1, -0.05) is 53.7 Å². The number of benzene rings is 2. The van der Waals surface area contributed by atoms with Gasteiger partial charge in [-0.05, 0) is 54.4 Å². The Bertz CT molecular complexity index is 1330. The van der Waals surface area contributed by atoms with E-state index < -0.39 is 0 Å². The van der Waals surface area contributed by atoms with E-state index >= 15 is 0 Å². The number of hydrogen-bond donors (Lipinski definition) is 3. The number of carbonyl (C=O) groups is 3. The molecule has 1 unspecified atom stereocenters. The molecule has 1 heterocycles. The molecule has 0 fully saturated rings. The van der Waals surface area contributed by atoms with Gasteiger partial charge in [-0.2, -0.15) is 0 Å². The third-order valence-electron chi connectivity index (χ3n) is 6.91. The molecule has 2 aliphatic rings. The maximum atomic E-state index is 12.9. The van der Waals surface area contributed by atoms with Gasteiger partial charge >= 0.3 is 0 Å². The first-order valence-electron chi connectivity index (χ1n) is 12.7. The zero-order valence-electron chi connectivity index (χ0n) is 20.6. The van der Waals surface area contributed by atoms with Crippen LogP contribution in [0, 0.1) is 0 Å². The van der Waals surface area contributed by atoms with Crippen molar-refractivity contribution in [3.05, 3.63) is 100.0 Å². The Morgan fingerprint density at radius 2 is 1.68 bits per heavy atom. The summed E-state index contributed by atoms with van der Waals surface area (Å²) in [5.74, 6) is -0.301. The molecule has 0 saturated carbocycles. The third-order valence-corrected chi connectivity index (χ3v) is 6.91. The van der Waals surface area contributed by atoms with E-state index in [4.69, 9.17) is 4.52 Å². The molecule has 0 bridgehead atoms. The average Bonchev–Trinajstić information content (AvgIpc) is 3.56. The molecule has 5 rings (SSSR count). The predicted molar refractivity (Wildman–Crippen MR) is 138 cm³/mol. The van der Waals surface area contributed by atoms with Crippen LogP contribution in [0.4, 0.5) is 0 Å². The molecule has 190 valence electrons. The lowest BCUT2D eigenvalue weighted by Gasteiger charge is -2.21. The first-order valence-corrected chi connectivity index (χ1v) is 12.7. The normalized spacial score (nSPS) is 16.2. The number of fused-ring (bicyclic) bond motifs is 2. The molecule has 1 atom stereocenters. The number of carbonyl (C=O) groups excluding carboxylic acids is 3.